The Bertz CT molecular complexity index is 512. The van der Waals surface area contributed by atoms with Gasteiger partial charge in [-0.05, 0) is 44.2 Å². The summed E-state index contributed by atoms with van der Waals surface area (Å²) in [6.45, 7) is 2.11. The zero-order valence-electron chi connectivity index (χ0n) is 12.6. The average Bonchev–Trinajstić information content (AvgIpc) is 2.87. The molecule has 1 heterocycles. The Morgan fingerprint density at radius 2 is 1.95 bits per heavy atom. The Morgan fingerprint density at radius 1 is 1.19 bits per heavy atom. The topological polar surface area (TPSA) is 21.3 Å². The number of hydrogen-bond acceptors (Lipinski definition) is 2. The summed E-state index contributed by atoms with van der Waals surface area (Å²) >= 11 is 0. The van der Waals surface area contributed by atoms with Gasteiger partial charge in [-0.25, -0.2) is 8.78 Å². The Hall–Kier alpha value is -1.16. The first kappa shape index (κ1) is 14.8. The second kappa shape index (κ2) is 5.91. The van der Waals surface area contributed by atoms with Crippen LogP contribution in [0.2, 0.25) is 0 Å². The van der Waals surface area contributed by atoms with E-state index < -0.39 is 11.6 Å². The van der Waals surface area contributed by atoms with Gasteiger partial charge in [-0.2, -0.15) is 0 Å². The standard InChI is InChI=1S/C17H23F2NO/c1-12-5-6-14(18)16(15(12)19)20-11-13-7-10-17(21-13)8-3-2-4-9-17/h5-6,13,20H,2-4,7-11H2,1H3. The lowest BCUT2D eigenvalue weighted by atomic mass is 9.83. The van der Waals surface area contributed by atoms with Gasteiger partial charge >= 0.3 is 0 Å². The van der Waals surface area contributed by atoms with Crippen LogP contribution in [0, 0.1) is 18.6 Å². The average molecular weight is 295 g/mol. The number of nitrogens with one attached hydrogen (secondary N) is 1. The SMILES string of the molecule is Cc1ccc(F)c(NCC2CCC3(CCCCC3)O2)c1F. The summed E-state index contributed by atoms with van der Waals surface area (Å²) in [5.41, 5.74) is 0.479. The van der Waals surface area contributed by atoms with E-state index in [1.807, 2.05) is 0 Å². The predicted octanol–water partition coefficient (Wildman–Crippen LogP) is 4.57. The fraction of sp³-hybridized carbons (Fsp3) is 0.647. The highest BCUT2D eigenvalue weighted by Crippen LogP contribution is 2.41. The molecule has 2 aliphatic rings. The molecular formula is C17H23F2NO. The molecular weight excluding hydrogens is 272 g/mol. The molecule has 0 bridgehead atoms. The lowest BCUT2D eigenvalue weighted by molar-refractivity contribution is -0.0588. The summed E-state index contributed by atoms with van der Waals surface area (Å²) in [7, 11) is 0. The summed E-state index contributed by atoms with van der Waals surface area (Å²) in [6, 6.07) is 2.76. The molecule has 1 N–H and O–H groups in total. The molecule has 2 fully saturated rings. The van der Waals surface area contributed by atoms with Crippen molar-refractivity contribution in [2.24, 2.45) is 0 Å². The highest BCUT2D eigenvalue weighted by atomic mass is 19.1. The van der Waals surface area contributed by atoms with E-state index in [1.54, 1.807) is 6.92 Å². The van der Waals surface area contributed by atoms with Crippen molar-refractivity contribution in [2.75, 3.05) is 11.9 Å². The van der Waals surface area contributed by atoms with Crippen LogP contribution in [0.3, 0.4) is 0 Å². The number of anilines is 1. The summed E-state index contributed by atoms with van der Waals surface area (Å²) in [4.78, 5) is 0. The van der Waals surface area contributed by atoms with E-state index in [-0.39, 0.29) is 17.4 Å². The van der Waals surface area contributed by atoms with Crippen LogP contribution in [0.4, 0.5) is 14.5 Å². The van der Waals surface area contributed by atoms with E-state index >= 15 is 0 Å². The molecule has 3 rings (SSSR count). The van der Waals surface area contributed by atoms with Crippen LogP contribution < -0.4 is 5.32 Å². The zero-order chi connectivity index (χ0) is 14.9. The third-order valence-electron chi connectivity index (χ3n) is 4.89. The molecule has 1 spiro atoms. The number of ether oxygens (including phenoxy) is 1. The fourth-order valence-corrected chi connectivity index (χ4v) is 3.64. The first-order valence-corrected chi connectivity index (χ1v) is 7.96. The van der Waals surface area contributed by atoms with Gasteiger partial charge in [0, 0.05) is 6.54 Å². The van der Waals surface area contributed by atoms with Gasteiger partial charge in [-0.1, -0.05) is 25.3 Å². The maximum absolute atomic E-state index is 13.9. The van der Waals surface area contributed by atoms with Crippen molar-refractivity contribution in [3.63, 3.8) is 0 Å². The van der Waals surface area contributed by atoms with E-state index in [0.29, 0.717) is 12.1 Å². The third kappa shape index (κ3) is 3.05. The number of benzene rings is 1. The van der Waals surface area contributed by atoms with Gasteiger partial charge in [-0.15, -0.1) is 0 Å². The van der Waals surface area contributed by atoms with Gasteiger partial charge in [0.15, 0.2) is 5.82 Å². The molecule has 4 heteroatoms. The second-order valence-corrected chi connectivity index (χ2v) is 6.46. The van der Waals surface area contributed by atoms with Crippen LogP contribution >= 0.6 is 0 Å². The Labute approximate surface area is 124 Å². The van der Waals surface area contributed by atoms with E-state index in [4.69, 9.17) is 4.74 Å². The quantitative estimate of drug-likeness (QED) is 0.882. The first-order valence-electron chi connectivity index (χ1n) is 7.96. The fourth-order valence-electron chi connectivity index (χ4n) is 3.64. The molecule has 2 nitrogen and oxygen atoms in total. The molecule has 1 aromatic rings. The molecule has 0 radical (unpaired) electrons. The van der Waals surface area contributed by atoms with Gasteiger partial charge in [0.2, 0.25) is 0 Å². The van der Waals surface area contributed by atoms with Crippen LogP contribution in [-0.4, -0.2) is 18.2 Å². The summed E-state index contributed by atoms with van der Waals surface area (Å²) in [5.74, 6) is -1.04. The first-order chi connectivity index (χ1) is 10.1. The zero-order valence-corrected chi connectivity index (χ0v) is 12.6. The van der Waals surface area contributed by atoms with Crippen molar-refractivity contribution in [3.8, 4) is 0 Å². The molecule has 1 saturated heterocycles. The molecule has 1 aliphatic carbocycles. The van der Waals surface area contributed by atoms with Crippen molar-refractivity contribution < 1.29 is 13.5 Å². The minimum Gasteiger partial charge on any atom is -0.378 e. The molecule has 1 aliphatic heterocycles. The van der Waals surface area contributed by atoms with Crippen LogP contribution in [0.5, 0.6) is 0 Å². The van der Waals surface area contributed by atoms with Gasteiger partial charge in [0.25, 0.3) is 0 Å². The highest BCUT2D eigenvalue weighted by molar-refractivity contribution is 5.49. The molecule has 1 atom stereocenters. The number of rotatable bonds is 3. The highest BCUT2D eigenvalue weighted by Gasteiger charge is 2.40. The maximum Gasteiger partial charge on any atom is 0.152 e. The van der Waals surface area contributed by atoms with Crippen LogP contribution in [0.1, 0.15) is 50.5 Å². The molecule has 0 amide bonds. The number of halogens is 2. The Kier molecular flexibility index (Phi) is 4.16. The van der Waals surface area contributed by atoms with Gasteiger partial charge < -0.3 is 10.1 Å². The molecule has 1 saturated carbocycles. The molecule has 1 aromatic carbocycles. The van der Waals surface area contributed by atoms with Crippen LogP contribution in [-0.2, 0) is 4.74 Å². The smallest absolute Gasteiger partial charge is 0.152 e. The van der Waals surface area contributed by atoms with Gasteiger partial charge in [-0.3, -0.25) is 0 Å². The van der Waals surface area contributed by atoms with Crippen molar-refractivity contribution >= 4 is 5.69 Å². The van der Waals surface area contributed by atoms with Crippen LogP contribution in [0.25, 0.3) is 0 Å². The van der Waals surface area contributed by atoms with E-state index in [2.05, 4.69) is 5.32 Å². The lowest BCUT2D eigenvalue weighted by Gasteiger charge is -2.33. The van der Waals surface area contributed by atoms with Gasteiger partial charge in [0.1, 0.15) is 11.5 Å². The molecule has 21 heavy (non-hydrogen) atoms. The Balaban J connectivity index is 1.60. The number of hydrogen-bond donors (Lipinski definition) is 1. The summed E-state index contributed by atoms with van der Waals surface area (Å²) < 4.78 is 33.9. The van der Waals surface area contributed by atoms with Gasteiger partial charge in [0.05, 0.1) is 11.7 Å². The third-order valence-corrected chi connectivity index (χ3v) is 4.89. The largest absolute Gasteiger partial charge is 0.378 e. The van der Waals surface area contributed by atoms with Crippen molar-refractivity contribution in [3.05, 3.63) is 29.3 Å². The summed E-state index contributed by atoms with van der Waals surface area (Å²) in [6.07, 6.45) is 8.16. The maximum atomic E-state index is 13.9. The van der Waals surface area contributed by atoms with Crippen molar-refractivity contribution in [1.29, 1.82) is 0 Å². The second-order valence-electron chi connectivity index (χ2n) is 6.46. The number of aryl methyl sites for hydroxylation is 1. The van der Waals surface area contributed by atoms with Crippen LogP contribution in [0.15, 0.2) is 12.1 Å². The minimum atomic E-state index is -0.538. The summed E-state index contributed by atoms with van der Waals surface area (Å²) in [5, 5.41) is 2.91. The normalized spacial score (nSPS) is 24.4. The lowest BCUT2D eigenvalue weighted by Crippen LogP contribution is -2.33. The monoisotopic (exact) mass is 295 g/mol. The van der Waals surface area contributed by atoms with E-state index in [0.717, 1.165) is 25.7 Å². The molecule has 116 valence electrons. The minimum absolute atomic E-state index is 0.0248. The van der Waals surface area contributed by atoms with Crippen molar-refractivity contribution in [2.45, 2.75) is 63.6 Å². The molecule has 1 unspecified atom stereocenters. The van der Waals surface area contributed by atoms with E-state index in [1.165, 1.54) is 31.4 Å². The Morgan fingerprint density at radius 3 is 2.71 bits per heavy atom. The van der Waals surface area contributed by atoms with E-state index in [9.17, 15) is 8.78 Å². The molecule has 0 aromatic heterocycles. The predicted molar refractivity (Wildman–Crippen MR) is 79.5 cm³/mol. The van der Waals surface area contributed by atoms with Crippen molar-refractivity contribution in [1.82, 2.24) is 0 Å².